The Hall–Kier alpha value is -1.10. The highest BCUT2D eigenvalue weighted by atomic mass is 35.5. The van der Waals surface area contributed by atoms with Crippen molar-refractivity contribution in [3.8, 4) is 0 Å². The van der Waals surface area contributed by atoms with Crippen LogP contribution in [0, 0.1) is 0 Å². The fourth-order valence-corrected chi connectivity index (χ4v) is 4.65. The van der Waals surface area contributed by atoms with Crippen molar-refractivity contribution >= 4 is 18.3 Å². The summed E-state index contributed by atoms with van der Waals surface area (Å²) in [6.45, 7) is 2.04. The number of hydrogen-bond donors (Lipinski definition) is 2. The summed E-state index contributed by atoms with van der Waals surface area (Å²) in [6.07, 6.45) is 6.91. The van der Waals surface area contributed by atoms with Crippen LogP contribution in [-0.2, 0) is 11.3 Å². The number of hydrogen-bond acceptors (Lipinski definition) is 3. The van der Waals surface area contributed by atoms with Crippen molar-refractivity contribution in [1.29, 1.82) is 0 Å². The average molecular weight is 350 g/mol. The third-order valence-corrected chi connectivity index (χ3v) is 5.82. The third-order valence-electron chi connectivity index (χ3n) is 5.82. The number of fused-ring (bicyclic) bond motifs is 2. The van der Waals surface area contributed by atoms with E-state index in [1.807, 2.05) is 0 Å². The average Bonchev–Trinajstić information content (AvgIpc) is 3.17. The Kier molecular flexibility index (Phi) is 5.80. The van der Waals surface area contributed by atoms with Crippen LogP contribution in [0.25, 0.3) is 0 Å². The third kappa shape index (κ3) is 3.76. The van der Waals surface area contributed by atoms with Gasteiger partial charge in [0.05, 0.1) is 6.04 Å². The molecule has 24 heavy (non-hydrogen) atoms. The lowest BCUT2D eigenvalue weighted by Gasteiger charge is -2.39. The maximum absolute atomic E-state index is 12.3. The van der Waals surface area contributed by atoms with Crippen LogP contribution in [0.5, 0.6) is 0 Å². The zero-order valence-electron chi connectivity index (χ0n) is 14.1. The second kappa shape index (κ2) is 7.85. The van der Waals surface area contributed by atoms with Gasteiger partial charge in [0.15, 0.2) is 0 Å². The molecule has 4 nitrogen and oxygen atoms in total. The fourth-order valence-electron chi connectivity index (χ4n) is 4.65. The number of nitrogens with one attached hydrogen (secondary N) is 2. The van der Waals surface area contributed by atoms with E-state index in [-0.39, 0.29) is 24.4 Å². The SMILES string of the molecule is Cl.O=C(NC1CC2CCC(C1)N2Cc1ccccc1)C1CCCN1. The molecule has 0 aromatic heterocycles. The van der Waals surface area contributed by atoms with Crippen molar-refractivity contribution in [2.75, 3.05) is 6.54 Å². The Labute approximate surface area is 150 Å². The molecule has 4 rings (SSSR count). The summed E-state index contributed by atoms with van der Waals surface area (Å²) in [4.78, 5) is 15.0. The summed E-state index contributed by atoms with van der Waals surface area (Å²) >= 11 is 0. The summed E-state index contributed by atoms with van der Waals surface area (Å²) in [5.74, 6) is 0.225. The molecule has 1 amide bonds. The van der Waals surface area contributed by atoms with Crippen LogP contribution < -0.4 is 10.6 Å². The fraction of sp³-hybridized carbons (Fsp3) is 0.632. The molecule has 3 saturated heterocycles. The van der Waals surface area contributed by atoms with Gasteiger partial charge in [-0.3, -0.25) is 9.69 Å². The Morgan fingerprint density at radius 3 is 2.46 bits per heavy atom. The number of piperidine rings is 1. The van der Waals surface area contributed by atoms with Crippen molar-refractivity contribution < 1.29 is 4.79 Å². The van der Waals surface area contributed by atoms with Gasteiger partial charge in [-0.1, -0.05) is 30.3 Å². The van der Waals surface area contributed by atoms with E-state index in [4.69, 9.17) is 0 Å². The van der Waals surface area contributed by atoms with Crippen LogP contribution in [0.2, 0.25) is 0 Å². The topological polar surface area (TPSA) is 44.4 Å². The van der Waals surface area contributed by atoms with Gasteiger partial charge in [0.2, 0.25) is 5.91 Å². The summed E-state index contributed by atoms with van der Waals surface area (Å²) in [5.41, 5.74) is 1.40. The van der Waals surface area contributed by atoms with E-state index in [0.29, 0.717) is 18.1 Å². The lowest BCUT2D eigenvalue weighted by molar-refractivity contribution is -0.124. The molecule has 2 N–H and O–H groups in total. The van der Waals surface area contributed by atoms with Gasteiger partial charge in [0.25, 0.3) is 0 Å². The van der Waals surface area contributed by atoms with E-state index in [1.54, 1.807) is 0 Å². The molecular weight excluding hydrogens is 322 g/mol. The Balaban J connectivity index is 0.00000169. The van der Waals surface area contributed by atoms with Crippen LogP contribution in [0.1, 0.15) is 44.1 Å². The van der Waals surface area contributed by atoms with E-state index in [2.05, 4.69) is 45.9 Å². The Bertz CT molecular complexity index is 533. The molecule has 0 spiro atoms. The van der Waals surface area contributed by atoms with Gasteiger partial charge in [0, 0.05) is 24.7 Å². The van der Waals surface area contributed by atoms with E-state index >= 15 is 0 Å². The van der Waals surface area contributed by atoms with E-state index in [9.17, 15) is 4.79 Å². The molecule has 3 atom stereocenters. The number of nitrogens with zero attached hydrogens (tertiary/aromatic N) is 1. The Morgan fingerprint density at radius 1 is 1.12 bits per heavy atom. The van der Waals surface area contributed by atoms with Gasteiger partial charge in [-0.25, -0.2) is 0 Å². The molecule has 3 aliphatic heterocycles. The minimum Gasteiger partial charge on any atom is -0.352 e. The van der Waals surface area contributed by atoms with Crippen LogP contribution in [0.3, 0.4) is 0 Å². The van der Waals surface area contributed by atoms with Crippen LogP contribution >= 0.6 is 12.4 Å². The number of rotatable bonds is 4. The number of halogens is 1. The normalized spacial score (nSPS) is 32.3. The zero-order chi connectivity index (χ0) is 15.6. The predicted molar refractivity (Wildman–Crippen MR) is 98.2 cm³/mol. The molecule has 0 aliphatic carbocycles. The molecule has 3 unspecified atom stereocenters. The van der Waals surface area contributed by atoms with Crippen molar-refractivity contribution in [2.24, 2.45) is 0 Å². The molecule has 1 aromatic carbocycles. The molecule has 132 valence electrons. The monoisotopic (exact) mass is 349 g/mol. The minimum absolute atomic E-state index is 0. The highest BCUT2D eigenvalue weighted by Gasteiger charge is 2.41. The first-order valence-electron chi connectivity index (χ1n) is 9.13. The second-order valence-electron chi connectivity index (χ2n) is 7.37. The molecule has 3 aliphatic rings. The van der Waals surface area contributed by atoms with Gasteiger partial charge in [-0.15, -0.1) is 12.4 Å². The van der Waals surface area contributed by atoms with E-state index in [0.717, 1.165) is 38.8 Å². The van der Waals surface area contributed by atoms with Crippen molar-refractivity contribution in [2.45, 2.75) is 69.2 Å². The molecule has 0 saturated carbocycles. The summed E-state index contributed by atoms with van der Waals surface area (Å²) in [7, 11) is 0. The first-order chi connectivity index (χ1) is 11.3. The first-order valence-corrected chi connectivity index (χ1v) is 9.13. The van der Waals surface area contributed by atoms with Crippen molar-refractivity contribution in [3.63, 3.8) is 0 Å². The number of carbonyl (C=O) groups is 1. The standard InChI is InChI=1S/C19H27N3O.ClH/c23-19(18-7-4-10-20-18)21-15-11-16-8-9-17(12-15)22(16)13-14-5-2-1-3-6-14;/h1-3,5-6,15-18,20H,4,7-13H2,(H,21,23);1H. The summed E-state index contributed by atoms with van der Waals surface area (Å²) in [5, 5.41) is 6.62. The zero-order valence-corrected chi connectivity index (χ0v) is 14.9. The summed E-state index contributed by atoms with van der Waals surface area (Å²) in [6, 6.07) is 12.5. The van der Waals surface area contributed by atoms with Crippen LogP contribution in [0.15, 0.2) is 30.3 Å². The molecular formula is C19H28ClN3O. The second-order valence-corrected chi connectivity index (χ2v) is 7.37. The molecule has 3 heterocycles. The van der Waals surface area contributed by atoms with Gasteiger partial charge < -0.3 is 10.6 Å². The number of benzene rings is 1. The molecule has 0 radical (unpaired) electrons. The van der Waals surface area contributed by atoms with E-state index in [1.165, 1.54) is 18.4 Å². The highest BCUT2D eigenvalue weighted by Crippen LogP contribution is 2.36. The van der Waals surface area contributed by atoms with Crippen LogP contribution in [0.4, 0.5) is 0 Å². The van der Waals surface area contributed by atoms with Crippen molar-refractivity contribution in [1.82, 2.24) is 15.5 Å². The predicted octanol–water partition coefficient (Wildman–Crippen LogP) is 2.47. The van der Waals surface area contributed by atoms with Crippen molar-refractivity contribution in [3.05, 3.63) is 35.9 Å². The molecule has 2 bridgehead atoms. The van der Waals surface area contributed by atoms with E-state index < -0.39 is 0 Å². The number of amides is 1. The molecule has 5 heteroatoms. The lowest BCUT2D eigenvalue weighted by atomic mass is 9.96. The first kappa shape index (κ1) is 17.7. The molecule has 1 aromatic rings. The lowest BCUT2D eigenvalue weighted by Crippen LogP contribution is -2.52. The smallest absolute Gasteiger partial charge is 0.237 e. The van der Waals surface area contributed by atoms with Crippen LogP contribution in [-0.4, -0.2) is 41.5 Å². The largest absolute Gasteiger partial charge is 0.352 e. The van der Waals surface area contributed by atoms with Gasteiger partial charge in [-0.05, 0) is 50.6 Å². The maximum Gasteiger partial charge on any atom is 0.237 e. The summed E-state index contributed by atoms with van der Waals surface area (Å²) < 4.78 is 0. The van der Waals surface area contributed by atoms with Gasteiger partial charge in [-0.2, -0.15) is 0 Å². The Morgan fingerprint density at radius 2 is 1.83 bits per heavy atom. The molecule has 3 fully saturated rings. The maximum atomic E-state index is 12.3. The quantitative estimate of drug-likeness (QED) is 0.877. The van der Waals surface area contributed by atoms with Gasteiger partial charge in [0.1, 0.15) is 0 Å². The minimum atomic E-state index is 0. The van der Waals surface area contributed by atoms with Gasteiger partial charge >= 0.3 is 0 Å². The number of carbonyl (C=O) groups excluding carboxylic acids is 1. The highest BCUT2D eigenvalue weighted by molar-refractivity contribution is 5.85.